The van der Waals surface area contributed by atoms with Gasteiger partial charge in [-0.2, -0.15) is 5.10 Å². The number of rotatable bonds is 6. The zero-order valence-corrected chi connectivity index (χ0v) is 15.4. The Morgan fingerprint density at radius 2 is 2.07 bits per heavy atom. The van der Waals surface area contributed by atoms with Crippen LogP contribution in [0.5, 0.6) is 11.5 Å². The van der Waals surface area contributed by atoms with Crippen LogP contribution in [0, 0.1) is 6.92 Å². The maximum absolute atomic E-state index is 12.3. The van der Waals surface area contributed by atoms with Gasteiger partial charge >= 0.3 is 0 Å². The fourth-order valence-corrected chi connectivity index (χ4v) is 2.90. The molecule has 0 radical (unpaired) electrons. The third-order valence-corrected chi connectivity index (χ3v) is 4.41. The van der Waals surface area contributed by atoms with Crippen LogP contribution in [0.2, 0.25) is 0 Å². The summed E-state index contributed by atoms with van der Waals surface area (Å²) in [5, 5.41) is 14.1. The van der Waals surface area contributed by atoms with Crippen LogP contribution < -0.4 is 21.0 Å². The smallest absolute Gasteiger partial charge is 0.258 e. The number of hydrazone groups is 1. The summed E-state index contributed by atoms with van der Waals surface area (Å²) in [7, 11) is 0. The molecular formula is C20H24N4O3. The first kappa shape index (κ1) is 18.9. The third kappa shape index (κ3) is 4.64. The number of nitrogens with zero attached hydrogens (tertiary/aromatic N) is 1. The topological polar surface area (TPSA) is 95.0 Å². The van der Waals surface area contributed by atoms with Crippen molar-refractivity contribution in [3.8, 4) is 11.5 Å². The number of nitrogens with one attached hydrogen (secondary N) is 3. The van der Waals surface area contributed by atoms with Gasteiger partial charge in [-0.15, -0.1) is 0 Å². The lowest BCUT2D eigenvalue weighted by atomic mass is 10.0. The predicted octanol–water partition coefficient (Wildman–Crippen LogP) is 2.16. The van der Waals surface area contributed by atoms with Crippen molar-refractivity contribution in [1.82, 2.24) is 16.3 Å². The summed E-state index contributed by atoms with van der Waals surface area (Å²) in [6, 6.07) is 13.0. The van der Waals surface area contributed by atoms with Crippen molar-refractivity contribution < 1.29 is 14.6 Å². The molecule has 1 fully saturated rings. The zero-order valence-electron chi connectivity index (χ0n) is 15.4. The second-order valence-electron chi connectivity index (χ2n) is 6.40. The number of phenols is 1. The van der Waals surface area contributed by atoms with E-state index in [9.17, 15) is 9.90 Å². The van der Waals surface area contributed by atoms with Crippen molar-refractivity contribution in [2.45, 2.75) is 32.4 Å². The van der Waals surface area contributed by atoms with Crippen molar-refractivity contribution in [2.75, 3.05) is 6.61 Å². The summed E-state index contributed by atoms with van der Waals surface area (Å²) in [5.41, 5.74) is 11.4. The maximum atomic E-state index is 12.3. The number of benzene rings is 2. The van der Waals surface area contributed by atoms with Crippen molar-refractivity contribution in [2.24, 2.45) is 5.10 Å². The highest BCUT2D eigenvalue weighted by Crippen LogP contribution is 2.28. The first-order valence-corrected chi connectivity index (χ1v) is 8.93. The molecule has 0 spiro atoms. The number of hydrogen-bond acceptors (Lipinski definition) is 6. The van der Waals surface area contributed by atoms with Crippen molar-refractivity contribution in [1.29, 1.82) is 0 Å². The monoisotopic (exact) mass is 368 g/mol. The molecule has 2 unspecified atom stereocenters. The number of carbonyl (C=O) groups is 1. The number of amides is 1. The van der Waals surface area contributed by atoms with Crippen LogP contribution in [0.4, 0.5) is 0 Å². The van der Waals surface area contributed by atoms with E-state index >= 15 is 0 Å². The highest BCUT2D eigenvalue weighted by Gasteiger charge is 2.29. The lowest BCUT2D eigenvalue weighted by Gasteiger charge is -2.09. The largest absolute Gasteiger partial charge is 0.504 e. The summed E-state index contributed by atoms with van der Waals surface area (Å²) in [5.74, 6) is 0.140. The number of carbonyl (C=O) groups excluding carboxylic acids is 1. The molecule has 0 bridgehead atoms. The molecule has 7 nitrogen and oxygen atoms in total. The molecule has 4 N–H and O–H groups in total. The van der Waals surface area contributed by atoms with E-state index < -0.39 is 6.04 Å². The van der Waals surface area contributed by atoms with Crippen LogP contribution in [-0.2, 0) is 4.79 Å². The molecule has 1 aliphatic rings. The fourth-order valence-electron chi connectivity index (χ4n) is 2.90. The number of hydrogen-bond donors (Lipinski definition) is 4. The highest BCUT2D eigenvalue weighted by molar-refractivity contribution is 5.87. The molecule has 2 atom stereocenters. The Hall–Kier alpha value is -2.90. The molecule has 3 rings (SSSR count). The minimum Gasteiger partial charge on any atom is -0.504 e. The van der Waals surface area contributed by atoms with E-state index in [0.717, 1.165) is 5.56 Å². The standard InChI is InChI=1S/C20H24N4O3/c1-3-27-18-6-4-5-15(19(18)25)12-21-24-20(26)17-11-16(22-23-17)14-9-7-13(2)8-10-14/h4-10,12,16-17,22-23,25H,3,11H2,1-2H3,(H,24,26)/b21-12+. The normalized spacial score (nSPS) is 19.3. The van der Waals surface area contributed by atoms with Gasteiger partial charge in [0.1, 0.15) is 6.04 Å². The molecule has 0 aliphatic carbocycles. The SMILES string of the molecule is CCOc1cccc(/C=N/NC(=O)C2CC(c3ccc(C)cc3)NN2)c1O. The Kier molecular flexibility index (Phi) is 6.05. The summed E-state index contributed by atoms with van der Waals surface area (Å²) >= 11 is 0. The van der Waals surface area contributed by atoms with E-state index in [2.05, 4.69) is 45.6 Å². The molecule has 0 saturated carbocycles. The van der Waals surface area contributed by atoms with E-state index in [1.807, 2.05) is 13.8 Å². The summed E-state index contributed by atoms with van der Waals surface area (Å²) in [4.78, 5) is 12.3. The highest BCUT2D eigenvalue weighted by atomic mass is 16.5. The van der Waals surface area contributed by atoms with Gasteiger partial charge in [0.25, 0.3) is 5.91 Å². The Labute approximate surface area is 158 Å². The molecule has 2 aromatic rings. The molecule has 7 heteroatoms. The second-order valence-corrected chi connectivity index (χ2v) is 6.40. The van der Waals surface area contributed by atoms with Crippen LogP contribution in [0.1, 0.15) is 36.1 Å². The second kappa shape index (κ2) is 8.66. The lowest BCUT2D eigenvalue weighted by Crippen LogP contribution is -2.41. The predicted molar refractivity (Wildman–Crippen MR) is 104 cm³/mol. The van der Waals surface area contributed by atoms with E-state index in [1.165, 1.54) is 11.8 Å². The van der Waals surface area contributed by atoms with Gasteiger partial charge in [0.15, 0.2) is 11.5 Å². The van der Waals surface area contributed by atoms with Crippen molar-refractivity contribution in [3.05, 3.63) is 59.2 Å². The average Bonchev–Trinajstić information content (AvgIpc) is 3.15. The number of phenolic OH excluding ortho intramolecular Hbond substituents is 1. The van der Waals surface area contributed by atoms with Crippen molar-refractivity contribution >= 4 is 12.1 Å². The Morgan fingerprint density at radius 1 is 1.30 bits per heavy atom. The number of aromatic hydroxyl groups is 1. The first-order valence-electron chi connectivity index (χ1n) is 8.93. The lowest BCUT2D eigenvalue weighted by molar-refractivity contribution is -0.122. The summed E-state index contributed by atoms with van der Waals surface area (Å²) in [6.07, 6.45) is 2.02. The van der Waals surface area contributed by atoms with E-state index in [0.29, 0.717) is 24.3 Å². The van der Waals surface area contributed by atoms with Crippen molar-refractivity contribution in [3.63, 3.8) is 0 Å². The summed E-state index contributed by atoms with van der Waals surface area (Å²) < 4.78 is 5.33. The van der Waals surface area contributed by atoms with Crippen LogP contribution in [-0.4, -0.2) is 29.9 Å². The van der Waals surface area contributed by atoms with Crippen LogP contribution in [0.25, 0.3) is 0 Å². The quantitative estimate of drug-likeness (QED) is 0.463. The van der Waals surface area contributed by atoms with Gasteiger partial charge in [0.2, 0.25) is 0 Å². The average molecular weight is 368 g/mol. The first-order chi connectivity index (χ1) is 13.1. The van der Waals surface area contributed by atoms with E-state index in [1.54, 1.807) is 18.2 Å². The van der Waals surface area contributed by atoms with Gasteiger partial charge in [-0.1, -0.05) is 35.9 Å². The van der Waals surface area contributed by atoms with Gasteiger partial charge in [0, 0.05) is 11.6 Å². The Balaban J connectivity index is 1.56. The maximum Gasteiger partial charge on any atom is 0.258 e. The molecule has 27 heavy (non-hydrogen) atoms. The van der Waals surface area contributed by atoms with E-state index in [-0.39, 0.29) is 17.7 Å². The molecule has 1 amide bonds. The van der Waals surface area contributed by atoms with Gasteiger partial charge < -0.3 is 9.84 Å². The number of ether oxygens (including phenoxy) is 1. The Bertz CT molecular complexity index is 820. The third-order valence-electron chi connectivity index (χ3n) is 4.41. The molecule has 1 aliphatic heterocycles. The van der Waals surface area contributed by atoms with Gasteiger partial charge in [-0.05, 0) is 38.0 Å². The summed E-state index contributed by atoms with van der Waals surface area (Å²) in [6.45, 7) is 4.33. The van der Waals surface area contributed by atoms with Gasteiger partial charge in [-0.25, -0.2) is 16.3 Å². The Morgan fingerprint density at radius 3 is 2.81 bits per heavy atom. The molecule has 2 aromatic carbocycles. The van der Waals surface area contributed by atoms with Crippen LogP contribution >= 0.6 is 0 Å². The molecule has 1 heterocycles. The van der Waals surface area contributed by atoms with E-state index in [4.69, 9.17) is 4.74 Å². The number of para-hydroxylation sites is 1. The molecular weight excluding hydrogens is 344 g/mol. The number of aryl methyl sites for hydroxylation is 1. The fraction of sp³-hybridized carbons (Fsp3) is 0.300. The number of hydrazine groups is 1. The molecule has 1 saturated heterocycles. The van der Waals surface area contributed by atoms with Crippen LogP contribution in [0.3, 0.4) is 0 Å². The zero-order chi connectivity index (χ0) is 19.2. The molecule has 142 valence electrons. The molecule has 0 aromatic heterocycles. The van der Waals surface area contributed by atoms with Crippen LogP contribution in [0.15, 0.2) is 47.6 Å². The minimum absolute atomic E-state index is 0.00237. The minimum atomic E-state index is -0.392. The van der Waals surface area contributed by atoms with Gasteiger partial charge in [0.05, 0.1) is 12.8 Å². The van der Waals surface area contributed by atoms with Gasteiger partial charge in [-0.3, -0.25) is 4.79 Å².